The third-order valence-corrected chi connectivity index (χ3v) is 5.48. The van der Waals surface area contributed by atoms with Crippen LogP contribution >= 0.6 is 7.60 Å². The second kappa shape index (κ2) is 3.31. The second-order valence-electron chi connectivity index (χ2n) is 4.95. The summed E-state index contributed by atoms with van der Waals surface area (Å²) in [5, 5.41) is 2.81. The van der Waals surface area contributed by atoms with Gasteiger partial charge in [0.2, 0.25) is 0 Å². The molecule has 14 heavy (non-hydrogen) atoms. The minimum Gasteiger partial charge on any atom is -0.314 e. The molecule has 4 nitrogen and oxygen atoms in total. The molecule has 2 saturated heterocycles. The Bertz CT molecular complexity index is 256. The van der Waals surface area contributed by atoms with Crippen molar-refractivity contribution < 1.29 is 13.6 Å². The molecule has 2 heterocycles. The number of piperidine rings is 1. The fourth-order valence-electron chi connectivity index (χ4n) is 1.73. The molecule has 0 saturated carbocycles. The van der Waals surface area contributed by atoms with Crippen LogP contribution in [0.5, 0.6) is 0 Å². The molecule has 3 unspecified atom stereocenters. The van der Waals surface area contributed by atoms with Crippen LogP contribution in [0.2, 0.25) is 0 Å². The first-order valence-electron chi connectivity index (χ1n) is 5.10. The van der Waals surface area contributed by atoms with Crippen LogP contribution in [0.3, 0.4) is 0 Å². The molecule has 2 aliphatic rings. The lowest BCUT2D eigenvalue weighted by Gasteiger charge is -2.24. The van der Waals surface area contributed by atoms with Gasteiger partial charge in [-0.15, -0.1) is 0 Å². The van der Waals surface area contributed by atoms with E-state index in [4.69, 9.17) is 9.05 Å². The van der Waals surface area contributed by atoms with E-state index in [-0.39, 0.29) is 12.2 Å². The highest BCUT2D eigenvalue weighted by Gasteiger charge is 2.51. The van der Waals surface area contributed by atoms with Gasteiger partial charge in [-0.2, -0.15) is 0 Å². The monoisotopic (exact) mass is 219 g/mol. The summed E-state index contributed by atoms with van der Waals surface area (Å²) >= 11 is 0. The SMILES string of the molecule is CC(C)(C)P1(=O)OC2CCNCC2O1. The summed E-state index contributed by atoms with van der Waals surface area (Å²) in [6, 6.07) is 0. The molecule has 0 aliphatic carbocycles. The summed E-state index contributed by atoms with van der Waals surface area (Å²) < 4.78 is 23.5. The van der Waals surface area contributed by atoms with Gasteiger partial charge in [-0.25, -0.2) is 0 Å². The van der Waals surface area contributed by atoms with Gasteiger partial charge in [-0.3, -0.25) is 4.57 Å². The summed E-state index contributed by atoms with van der Waals surface area (Å²) in [4.78, 5) is 0. The molecule has 2 rings (SSSR count). The fraction of sp³-hybridized carbons (Fsp3) is 1.00. The molecular weight excluding hydrogens is 201 g/mol. The molecular formula is C9H18NO3P. The van der Waals surface area contributed by atoms with Crippen molar-refractivity contribution in [3.05, 3.63) is 0 Å². The summed E-state index contributed by atoms with van der Waals surface area (Å²) in [6.45, 7) is 7.38. The number of hydrogen-bond acceptors (Lipinski definition) is 4. The lowest BCUT2D eigenvalue weighted by molar-refractivity contribution is 0.122. The van der Waals surface area contributed by atoms with Gasteiger partial charge >= 0.3 is 7.60 Å². The van der Waals surface area contributed by atoms with Crippen molar-refractivity contribution in [2.75, 3.05) is 13.1 Å². The Morgan fingerprint density at radius 1 is 1.29 bits per heavy atom. The van der Waals surface area contributed by atoms with Crippen molar-refractivity contribution in [1.29, 1.82) is 0 Å². The van der Waals surface area contributed by atoms with Crippen molar-refractivity contribution in [2.24, 2.45) is 0 Å². The molecule has 0 aromatic carbocycles. The molecule has 82 valence electrons. The van der Waals surface area contributed by atoms with Gasteiger partial charge in [0.15, 0.2) is 0 Å². The van der Waals surface area contributed by atoms with Crippen LogP contribution in [-0.4, -0.2) is 30.5 Å². The van der Waals surface area contributed by atoms with Crippen LogP contribution in [0, 0.1) is 0 Å². The molecule has 2 fully saturated rings. The van der Waals surface area contributed by atoms with E-state index in [2.05, 4.69) is 5.32 Å². The molecule has 0 bridgehead atoms. The lowest BCUT2D eigenvalue weighted by Crippen LogP contribution is -2.41. The van der Waals surface area contributed by atoms with E-state index in [0.29, 0.717) is 0 Å². The number of rotatable bonds is 0. The van der Waals surface area contributed by atoms with E-state index in [1.165, 1.54) is 0 Å². The molecule has 0 spiro atoms. The van der Waals surface area contributed by atoms with Gasteiger partial charge in [-0.1, -0.05) is 0 Å². The summed E-state index contributed by atoms with van der Waals surface area (Å²) in [5.41, 5.74) is 0. The Hall–Kier alpha value is 0.110. The van der Waals surface area contributed by atoms with Crippen molar-refractivity contribution in [2.45, 2.75) is 44.6 Å². The maximum atomic E-state index is 12.3. The van der Waals surface area contributed by atoms with Crippen LogP contribution < -0.4 is 5.32 Å². The van der Waals surface area contributed by atoms with E-state index in [1.807, 2.05) is 20.8 Å². The predicted octanol–water partition coefficient (Wildman–Crippen LogP) is 1.76. The second-order valence-corrected chi connectivity index (χ2v) is 7.71. The third kappa shape index (κ3) is 1.65. The van der Waals surface area contributed by atoms with Crippen molar-refractivity contribution >= 4 is 7.60 Å². The van der Waals surface area contributed by atoms with E-state index >= 15 is 0 Å². The largest absolute Gasteiger partial charge is 0.336 e. The Balaban J connectivity index is 2.16. The first-order chi connectivity index (χ1) is 6.42. The lowest BCUT2D eigenvalue weighted by atomic mass is 10.1. The van der Waals surface area contributed by atoms with Gasteiger partial charge < -0.3 is 14.4 Å². The van der Waals surface area contributed by atoms with Gasteiger partial charge in [0.05, 0.1) is 11.3 Å². The van der Waals surface area contributed by atoms with Crippen LogP contribution in [0.25, 0.3) is 0 Å². The molecule has 0 aromatic heterocycles. The number of fused-ring (bicyclic) bond motifs is 1. The van der Waals surface area contributed by atoms with Crippen molar-refractivity contribution in [1.82, 2.24) is 5.32 Å². The molecule has 0 aromatic rings. The highest BCUT2D eigenvalue weighted by molar-refractivity contribution is 7.55. The molecule has 0 amide bonds. The minimum absolute atomic E-state index is 0.0196. The van der Waals surface area contributed by atoms with Gasteiger partial charge in [-0.05, 0) is 33.7 Å². The smallest absolute Gasteiger partial charge is 0.314 e. The van der Waals surface area contributed by atoms with Gasteiger partial charge in [0.25, 0.3) is 0 Å². The van der Waals surface area contributed by atoms with Crippen LogP contribution in [0.15, 0.2) is 0 Å². The first kappa shape index (κ1) is 10.6. The maximum Gasteiger partial charge on any atom is 0.336 e. The Morgan fingerprint density at radius 2 is 1.93 bits per heavy atom. The van der Waals surface area contributed by atoms with E-state index in [1.54, 1.807) is 0 Å². The Kier molecular flexibility index (Phi) is 2.51. The quantitative estimate of drug-likeness (QED) is 0.630. The van der Waals surface area contributed by atoms with Crippen LogP contribution in [-0.2, 0) is 13.6 Å². The van der Waals surface area contributed by atoms with Gasteiger partial charge in [0.1, 0.15) is 6.10 Å². The molecule has 1 N–H and O–H groups in total. The normalized spacial score (nSPS) is 43.6. The zero-order chi connectivity index (χ0) is 10.4. The minimum atomic E-state index is -2.90. The first-order valence-corrected chi connectivity index (χ1v) is 6.64. The topological polar surface area (TPSA) is 47.6 Å². The van der Waals surface area contributed by atoms with Crippen molar-refractivity contribution in [3.8, 4) is 0 Å². The number of nitrogens with one attached hydrogen (secondary N) is 1. The molecule has 5 heteroatoms. The standard InChI is InChI=1S/C9H18NO3P/c1-9(2,3)14(11)12-7-4-5-10-6-8(7)13-14/h7-8,10H,4-6H2,1-3H3. The summed E-state index contributed by atoms with van der Waals surface area (Å²) in [5.74, 6) is 0. The Morgan fingerprint density at radius 3 is 2.50 bits per heavy atom. The molecule has 3 atom stereocenters. The summed E-state index contributed by atoms with van der Waals surface area (Å²) in [7, 11) is -2.90. The highest BCUT2D eigenvalue weighted by Crippen LogP contribution is 2.65. The van der Waals surface area contributed by atoms with Gasteiger partial charge in [0, 0.05) is 6.54 Å². The van der Waals surface area contributed by atoms with Crippen LogP contribution in [0.4, 0.5) is 0 Å². The molecule has 0 radical (unpaired) electrons. The third-order valence-electron chi connectivity index (χ3n) is 2.74. The average molecular weight is 219 g/mol. The predicted molar refractivity (Wildman–Crippen MR) is 54.6 cm³/mol. The maximum absolute atomic E-state index is 12.3. The van der Waals surface area contributed by atoms with Crippen LogP contribution in [0.1, 0.15) is 27.2 Å². The zero-order valence-electron chi connectivity index (χ0n) is 8.95. The Labute approximate surface area is 84.9 Å². The fourth-order valence-corrected chi connectivity index (χ4v) is 3.58. The zero-order valence-corrected chi connectivity index (χ0v) is 9.84. The average Bonchev–Trinajstić information content (AvgIpc) is 2.40. The number of hydrogen-bond donors (Lipinski definition) is 1. The molecule has 2 aliphatic heterocycles. The van der Waals surface area contributed by atoms with E-state index in [9.17, 15) is 4.57 Å². The summed E-state index contributed by atoms with van der Waals surface area (Å²) in [6.07, 6.45) is 0.903. The van der Waals surface area contributed by atoms with E-state index < -0.39 is 12.8 Å². The van der Waals surface area contributed by atoms with Crippen molar-refractivity contribution in [3.63, 3.8) is 0 Å². The van der Waals surface area contributed by atoms with E-state index in [0.717, 1.165) is 19.5 Å². The highest BCUT2D eigenvalue weighted by atomic mass is 31.2.